The number of nitriles is 1. The van der Waals surface area contributed by atoms with Crippen molar-refractivity contribution in [3.63, 3.8) is 0 Å². The van der Waals surface area contributed by atoms with Crippen LogP contribution in [0.3, 0.4) is 0 Å². The summed E-state index contributed by atoms with van der Waals surface area (Å²) in [5, 5.41) is 12.9. The Morgan fingerprint density at radius 3 is 2.69 bits per heavy atom. The highest BCUT2D eigenvalue weighted by molar-refractivity contribution is 5.96. The van der Waals surface area contributed by atoms with Crippen LogP contribution in [0.1, 0.15) is 31.4 Å². The van der Waals surface area contributed by atoms with E-state index in [0.29, 0.717) is 39.1 Å². The number of carbonyl (C=O) groups is 1. The van der Waals surface area contributed by atoms with E-state index >= 15 is 0 Å². The Balaban J connectivity index is 1.60. The SMILES string of the molecule is CCOc1ccc(CCNC(=O)/C=C/c2cn(CCC#N)c3ccccc23)cc1OCC. The van der Waals surface area contributed by atoms with Crippen LogP contribution in [0.15, 0.2) is 54.7 Å². The van der Waals surface area contributed by atoms with E-state index in [1.54, 1.807) is 6.08 Å². The minimum absolute atomic E-state index is 0.144. The molecule has 1 N–H and O–H groups in total. The van der Waals surface area contributed by atoms with Gasteiger partial charge in [0.25, 0.3) is 0 Å². The fraction of sp³-hybridized carbons (Fsp3) is 0.308. The first kappa shape index (κ1) is 23.0. The summed E-state index contributed by atoms with van der Waals surface area (Å²) >= 11 is 0. The summed E-state index contributed by atoms with van der Waals surface area (Å²) in [6.07, 6.45) is 6.50. The zero-order chi connectivity index (χ0) is 22.8. The van der Waals surface area contributed by atoms with Crippen molar-refractivity contribution < 1.29 is 14.3 Å². The molecule has 166 valence electrons. The molecule has 0 atom stereocenters. The third-order valence-corrected chi connectivity index (χ3v) is 5.02. The van der Waals surface area contributed by atoms with Gasteiger partial charge in [0.2, 0.25) is 5.91 Å². The molecule has 0 radical (unpaired) electrons. The van der Waals surface area contributed by atoms with E-state index in [2.05, 4.69) is 16.0 Å². The van der Waals surface area contributed by atoms with Gasteiger partial charge in [0.1, 0.15) is 0 Å². The summed E-state index contributed by atoms with van der Waals surface area (Å²) in [6.45, 7) is 6.18. The highest BCUT2D eigenvalue weighted by Crippen LogP contribution is 2.28. The summed E-state index contributed by atoms with van der Waals surface area (Å²) < 4.78 is 13.3. The second-order valence-electron chi connectivity index (χ2n) is 7.22. The van der Waals surface area contributed by atoms with Crippen LogP contribution in [-0.2, 0) is 17.8 Å². The highest BCUT2D eigenvalue weighted by atomic mass is 16.5. The number of hydrogen-bond donors (Lipinski definition) is 1. The molecule has 0 bridgehead atoms. The Bertz CT molecular complexity index is 1130. The Hall–Kier alpha value is -3.72. The number of amides is 1. The maximum atomic E-state index is 12.3. The lowest BCUT2D eigenvalue weighted by Crippen LogP contribution is -2.23. The average Bonchev–Trinajstić information content (AvgIpc) is 3.16. The first-order valence-corrected chi connectivity index (χ1v) is 11.0. The summed E-state index contributed by atoms with van der Waals surface area (Å²) in [5.74, 6) is 1.32. The molecular weight excluding hydrogens is 402 g/mol. The van der Waals surface area contributed by atoms with Crippen molar-refractivity contribution in [2.45, 2.75) is 33.2 Å². The van der Waals surface area contributed by atoms with Crippen LogP contribution >= 0.6 is 0 Å². The second-order valence-corrected chi connectivity index (χ2v) is 7.22. The van der Waals surface area contributed by atoms with Crippen LogP contribution in [-0.4, -0.2) is 30.2 Å². The highest BCUT2D eigenvalue weighted by Gasteiger charge is 2.08. The summed E-state index contributed by atoms with van der Waals surface area (Å²) in [5.41, 5.74) is 3.09. The number of nitrogens with zero attached hydrogens (tertiary/aromatic N) is 2. The molecule has 0 unspecified atom stereocenters. The molecule has 0 saturated heterocycles. The van der Waals surface area contributed by atoms with E-state index in [-0.39, 0.29) is 5.91 Å². The lowest BCUT2D eigenvalue weighted by atomic mass is 10.1. The lowest BCUT2D eigenvalue weighted by Gasteiger charge is -2.12. The van der Waals surface area contributed by atoms with Crippen molar-refractivity contribution in [3.8, 4) is 17.6 Å². The zero-order valence-electron chi connectivity index (χ0n) is 18.6. The van der Waals surface area contributed by atoms with Crippen molar-refractivity contribution in [3.05, 3.63) is 65.9 Å². The Morgan fingerprint density at radius 1 is 1.12 bits per heavy atom. The van der Waals surface area contributed by atoms with Gasteiger partial charge in [-0.2, -0.15) is 5.26 Å². The largest absolute Gasteiger partial charge is 0.490 e. The summed E-state index contributed by atoms with van der Waals surface area (Å²) in [4.78, 5) is 12.3. The van der Waals surface area contributed by atoms with Crippen LogP contribution < -0.4 is 14.8 Å². The van der Waals surface area contributed by atoms with Gasteiger partial charge in [0.05, 0.1) is 25.7 Å². The van der Waals surface area contributed by atoms with Crippen LogP contribution in [0.4, 0.5) is 0 Å². The average molecular weight is 432 g/mol. The van der Waals surface area contributed by atoms with Crippen LogP contribution in [0.2, 0.25) is 0 Å². The first-order valence-electron chi connectivity index (χ1n) is 11.0. The van der Waals surface area contributed by atoms with Gasteiger partial charge in [-0.1, -0.05) is 24.3 Å². The predicted octanol–water partition coefficient (Wildman–Crippen LogP) is 4.72. The van der Waals surface area contributed by atoms with Crippen molar-refractivity contribution in [1.29, 1.82) is 5.26 Å². The number of carbonyl (C=O) groups excluding carboxylic acids is 1. The van der Waals surface area contributed by atoms with Gasteiger partial charge in [-0.3, -0.25) is 4.79 Å². The molecule has 0 aliphatic rings. The minimum Gasteiger partial charge on any atom is -0.490 e. The van der Waals surface area contributed by atoms with Crippen LogP contribution in [0.5, 0.6) is 11.5 Å². The van der Waals surface area contributed by atoms with Crippen LogP contribution in [0, 0.1) is 11.3 Å². The molecule has 1 heterocycles. The third kappa shape index (κ3) is 5.92. The molecule has 3 aromatic rings. The van der Waals surface area contributed by atoms with Gasteiger partial charge in [-0.05, 0) is 50.1 Å². The number of aromatic nitrogens is 1. The number of fused-ring (bicyclic) bond motifs is 1. The number of nitrogens with one attached hydrogen (secondary N) is 1. The number of ether oxygens (including phenoxy) is 2. The van der Waals surface area contributed by atoms with E-state index in [1.165, 1.54) is 0 Å². The summed E-state index contributed by atoms with van der Waals surface area (Å²) in [7, 11) is 0. The number of aryl methyl sites for hydroxylation is 1. The van der Waals surface area contributed by atoms with Gasteiger partial charge in [0, 0.05) is 41.8 Å². The Morgan fingerprint density at radius 2 is 1.91 bits per heavy atom. The molecular formula is C26H29N3O3. The van der Waals surface area contributed by atoms with Gasteiger partial charge in [0.15, 0.2) is 11.5 Å². The Labute approximate surface area is 189 Å². The standard InChI is InChI=1S/C26H29N3O3/c1-3-31-24-12-10-20(18-25(24)32-4-2)14-16-28-26(30)13-11-21-19-29(17-7-15-27)23-9-6-5-8-22(21)23/h5-6,8-13,18-19H,3-4,7,14,16-17H2,1-2H3,(H,28,30)/b13-11+. The van der Waals surface area contributed by atoms with E-state index in [1.807, 2.05) is 68.6 Å². The van der Waals surface area contributed by atoms with Gasteiger partial charge >= 0.3 is 0 Å². The molecule has 0 spiro atoms. The molecule has 0 fully saturated rings. The topological polar surface area (TPSA) is 76.3 Å². The molecule has 32 heavy (non-hydrogen) atoms. The van der Waals surface area contributed by atoms with Crippen molar-refractivity contribution in [2.24, 2.45) is 0 Å². The van der Waals surface area contributed by atoms with E-state index in [0.717, 1.165) is 33.5 Å². The second kappa shape index (κ2) is 11.6. The lowest BCUT2D eigenvalue weighted by molar-refractivity contribution is -0.116. The number of hydrogen-bond acceptors (Lipinski definition) is 4. The molecule has 6 nitrogen and oxygen atoms in total. The fourth-order valence-corrected chi connectivity index (χ4v) is 3.57. The predicted molar refractivity (Wildman–Crippen MR) is 127 cm³/mol. The van der Waals surface area contributed by atoms with Gasteiger partial charge in [-0.15, -0.1) is 0 Å². The minimum atomic E-state index is -0.144. The Kier molecular flexibility index (Phi) is 8.33. The molecule has 1 aromatic heterocycles. The maximum Gasteiger partial charge on any atom is 0.244 e. The number of rotatable bonds is 11. The van der Waals surface area contributed by atoms with Gasteiger partial charge < -0.3 is 19.4 Å². The van der Waals surface area contributed by atoms with Crippen molar-refractivity contribution >= 4 is 22.9 Å². The van der Waals surface area contributed by atoms with Crippen LogP contribution in [0.25, 0.3) is 17.0 Å². The molecule has 0 aliphatic carbocycles. The number of benzene rings is 2. The van der Waals surface area contributed by atoms with Gasteiger partial charge in [-0.25, -0.2) is 0 Å². The van der Waals surface area contributed by atoms with E-state index in [4.69, 9.17) is 14.7 Å². The van der Waals surface area contributed by atoms with E-state index < -0.39 is 0 Å². The normalized spacial score (nSPS) is 10.9. The molecule has 6 heteroatoms. The molecule has 1 amide bonds. The van der Waals surface area contributed by atoms with Crippen molar-refractivity contribution in [1.82, 2.24) is 9.88 Å². The molecule has 2 aromatic carbocycles. The quantitative estimate of drug-likeness (QED) is 0.446. The number of para-hydroxylation sites is 1. The van der Waals surface area contributed by atoms with E-state index in [9.17, 15) is 4.79 Å². The fourth-order valence-electron chi connectivity index (χ4n) is 3.57. The molecule has 0 aliphatic heterocycles. The zero-order valence-corrected chi connectivity index (χ0v) is 18.6. The monoisotopic (exact) mass is 431 g/mol. The smallest absolute Gasteiger partial charge is 0.244 e. The first-order chi connectivity index (χ1) is 15.7. The molecule has 0 saturated carbocycles. The third-order valence-electron chi connectivity index (χ3n) is 5.02. The summed E-state index contributed by atoms with van der Waals surface area (Å²) in [6, 6.07) is 16.0. The molecule has 3 rings (SSSR count). The maximum absolute atomic E-state index is 12.3. The van der Waals surface area contributed by atoms with Crippen molar-refractivity contribution in [2.75, 3.05) is 19.8 Å².